The third-order valence-electron chi connectivity index (χ3n) is 6.80. The zero-order chi connectivity index (χ0) is 31.1. The molecule has 6 nitrogen and oxygen atoms in total. The number of benzene rings is 4. The Kier molecular flexibility index (Phi) is 9.04. The topological polar surface area (TPSA) is 72.7 Å². The summed E-state index contributed by atoms with van der Waals surface area (Å²) in [6, 6.07) is 33.1. The van der Waals surface area contributed by atoms with Crippen molar-refractivity contribution in [3.05, 3.63) is 138 Å². The number of amides is 1. The van der Waals surface area contributed by atoms with Crippen molar-refractivity contribution in [2.45, 2.75) is 19.5 Å². The normalized spacial score (nSPS) is 11.5. The van der Waals surface area contributed by atoms with Crippen molar-refractivity contribution in [1.29, 1.82) is 0 Å². The molecule has 0 aliphatic rings. The predicted octanol–water partition coefficient (Wildman–Crippen LogP) is 7.70. The van der Waals surface area contributed by atoms with Gasteiger partial charge in [-0.05, 0) is 60.0 Å². The van der Waals surface area contributed by atoms with Crippen molar-refractivity contribution in [3.8, 4) is 28.2 Å². The maximum atomic E-state index is 13.1. The lowest BCUT2D eigenvalue weighted by atomic mass is 10.1. The summed E-state index contributed by atoms with van der Waals surface area (Å²) >= 11 is 0. The van der Waals surface area contributed by atoms with Gasteiger partial charge in [0.2, 0.25) is 5.91 Å². The second-order valence-electron chi connectivity index (χ2n) is 9.84. The first-order chi connectivity index (χ1) is 21.2. The van der Waals surface area contributed by atoms with E-state index in [1.165, 1.54) is 18.3 Å². The van der Waals surface area contributed by atoms with Crippen LogP contribution in [0.15, 0.2) is 120 Å². The molecule has 0 saturated carbocycles. The number of ether oxygens (including phenoxy) is 1. The van der Waals surface area contributed by atoms with Crippen molar-refractivity contribution in [1.82, 2.24) is 9.99 Å². The number of hydrogen-bond acceptors (Lipinski definition) is 4. The summed E-state index contributed by atoms with van der Waals surface area (Å²) < 4.78 is 46.5. The molecule has 0 radical (unpaired) electrons. The fourth-order valence-electron chi connectivity index (χ4n) is 4.83. The van der Waals surface area contributed by atoms with E-state index < -0.39 is 23.6 Å². The fourth-order valence-corrected chi connectivity index (χ4v) is 4.83. The van der Waals surface area contributed by atoms with E-state index in [2.05, 4.69) is 10.5 Å². The minimum Gasteiger partial charge on any atom is -0.462 e. The standard InChI is InChI=1S/C35H28F3N3O3/c1-2-44-34(43)27-16-18-30(19-17-27)41-31(25-11-5-3-6-12-25)22-28(33(41)26-13-7-4-8-14-26)23-39-40-32(42)21-24-10-9-15-29(20-24)35(36,37)38/h3-20,22-23H,2,21H2,1H3,(H,40,42)/b39-23-. The van der Waals surface area contributed by atoms with Crippen LogP contribution in [0.1, 0.15) is 34.0 Å². The van der Waals surface area contributed by atoms with E-state index in [0.29, 0.717) is 11.1 Å². The highest BCUT2D eigenvalue weighted by atomic mass is 19.4. The second-order valence-corrected chi connectivity index (χ2v) is 9.84. The smallest absolute Gasteiger partial charge is 0.416 e. The van der Waals surface area contributed by atoms with Gasteiger partial charge < -0.3 is 9.30 Å². The lowest BCUT2D eigenvalue weighted by molar-refractivity contribution is -0.137. The number of hydrazone groups is 1. The molecule has 1 aromatic heterocycles. The van der Waals surface area contributed by atoms with Crippen LogP contribution in [0.2, 0.25) is 0 Å². The van der Waals surface area contributed by atoms with Crippen LogP contribution in [-0.4, -0.2) is 29.3 Å². The number of halogens is 3. The molecule has 0 unspecified atom stereocenters. The Morgan fingerprint density at radius 3 is 2.14 bits per heavy atom. The average Bonchev–Trinajstić information content (AvgIpc) is 3.41. The summed E-state index contributed by atoms with van der Waals surface area (Å²) in [7, 11) is 0. The first-order valence-electron chi connectivity index (χ1n) is 13.9. The number of rotatable bonds is 9. The molecule has 0 spiro atoms. The van der Waals surface area contributed by atoms with Gasteiger partial charge in [-0.15, -0.1) is 0 Å². The molecule has 0 saturated heterocycles. The van der Waals surface area contributed by atoms with Gasteiger partial charge in [-0.25, -0.2) is 10.2 Å². The number of hydrogen-bond donors (Lipinski definition) is 1. The van der Waals surface area contributed by atoms with Crippen molar-refractivity contribution in [3.63, 3.8) is 0 Å². The molecule has 5 aromatic rings. The molecule has 0 aliphatic carbocycles. The second kappa shape index (κ2) is 13.2. The zero-order valence-electron chi connectivity index (χ0n) is 23.7. The van der Waals surface area contributed by atoms with Crippen LogP contribution in [0.25, 0.3) is 28.2 Å². The van der Waals surface area contributed by atoms with Crippen LogP contribution in [0.3, 0.4) is 0 Å². The molecule has 0 atom stereocenters. The minimum absolute atomic E-state index is 0.223. The maximum Gasteiger partial charge on any atom is 0.416 e. The van der Waals surface area contributed by atoms with E-state index >= 15 is 0 Å². The summed E-state index contributed by atoms with van der Waals surface area (Å²) in [5.74, 6) is -0.967. The van der Waals surface area contributed by atoms with E-state index in [1.54, 1.807) is 19.1 Å². The van der Waals surface area contributed by atoms with E-state index in [4.69, 9.17) is 4.74 Å². The number of esters is 1. The van der Waals surface area contributed by atoms with Gasteiger partial charge in [0.1, 0.15) is 0 Å². The Labute approximate surface area is 252 Å². The van der Waals surface area contributed by atoms with Crippen LogP contribution >= 0.6 is 0 Å². The van der Waals surface area contributed by atoms with E-state index in [9.17, 15) is 22.8 Å². The lowest BCUT2D eigenvalue weighted by Gasteiger charge is -2.15. The number of nitrogens with zero attached hydrogens (tertiary/aromatic N) is 2. The number of carbonyl (C=O) groups excluding carboxylic acids is 2. The molecule has 44 heavy (non-hydrogen) atoms. The largest absolute Gasteiger partial charge is 0.462 e. The van der Waals surface area contributed by atoms with Gasteiger partial charge in [0.15, 0.2) is 0 Å². The molecule has 0 fully saturated rings. The molecule has 222 valence electrons. The zero-order valence-corrected chi connectivity index (χ0v) is 23.7. The monoisotopic (exact) mass is 595 g/mol. The Bertz CT molecular complexity index is 1780. The van der Waals surface area contributed by atoms with E-state index in [-0.39, 0.29) is 18.6 Å². The summed E-state index contributed by atoms with van der Waals surface area (Å²) in [6.07, 6.45) is -3.25. The molecule has 0 aliphatic heterocycles. The molecule has 1 amide bonds. The predicted molar refractivity (Wildman–Crippen MR) is 163 cm³/mol. The molecular formula is C35H28F3N3O3. The summed E-state index contributed by atoms with van der Waals surface area (Å²) in [5, 5.41) is 4.17. The number of aromatic nitrogens is 1. The van der Waals surface area contributed by atoms with Crippen LogP contribution in [0.5, 0.6) is 0 Å². The third-order valence-corrected chi connectivity index (χ3v) is 6.80. The Hall–Kier alpha value is -5.44. The van der Waals surface area contributed by atoms with Gasteiger partial charge in [0.25, 0.3) is 0 Å². The first kappa shape index (κ1) is 30.0. The Balaban J connectivity index is 1.52. The van der Waals surface area contributed by atoms with E-state index in [0.717, 1.165) is 40.3 Å². The van der Waals surface area contributed by atoms with Crippen molar-refractivity contribution >= 4 is 18.1 Å². The summed E-state index contributed by atoms with van der Waals surface area (Å²) in [5.41, 5.74) is 7.16. The molecule has 4 aromatic carbocycles. The Morgan fingerprint density at radius 2 is 1.50 bits per heavy atom. The van der Waals surface area contributed by atoms with Crippen molar-refractivity contribution in [2.75, 3.05) is 6.61 Å². The number of nitrogens with one attached hydrogen (secondary N) is 1. The highest BCUT2D eigenvalue weighted by Gasteiger charge is 2.30. The number of carbonyl (C=O) groups is 2. The van der Waals surface area contributed by atoms with Crippen LogP contribution < -0.4 is 5.43 Å². The molecule has 1 heterocycles. The quantitative estimate of drug-likeness (QED) is 0.108. The molecule has 0 bridgehead atoms. The number of alkyl halides is 3. The first-order valence-corrected chi connectivity index (χ1v) is 13.9. The SMILES string of the molecule is CCOC(=O)c1ccc(-n2c(-c3ccccc3)cc(/C=N\NC(=O)Cc3cccc(C(F)(F)F)c3)c2-c2ccccc2)cc1. The van der Waals surface area contributed by atoms with Crippen LogP contribution in [0, 0.1) is 0 Å². The summed E-state index contributed by atoms with van der Waals surface area (Å²) in [4.78, 5) is 24.9. The van der Waals surface area contributed by atoms with Gasteiger partial charge in [0.05, 0.1) is 41.8 Å². The van der Waals surface area contributed by atoms with Gasteiger partial charge in [-0.2, -0.15) is 18.3 Å². The summed E-state index contributed by atoms with van der Waals surface area (Å²) in [6.45, 7) is 2.02. The third kappa shape index (κ3) is 6.95. The average molecular weight is 596 g/mol. The molecule has 5 rings (SSSR count). The van der Waals surface area contributed by atoms with Crippen molar-refractivity contribution in [2.24, 2.45) is 5.10 Å². The lowest BCUT2D eigenvalue weighted by Crippen LogP contribution is -2.20. The van der Waals surface area contributed by atoms with Gasteiger partial charge in [-0.3, -0.25) is 4.79 Å². The molecule has 9 heteroatoms. The van der Waals surface area contributed by atoms with E-state index in [1.807, 2.05) is 83.4 Å². The highest BCUT2D eigenvalue weighted by Crippen LogP contribution is 2.35. The van der Waals surface area contributed by atoms with Crippen molar-refractivity contribution < 1.29 is 27.5 Å². The minimum atomic E-state index is -4.50. The molecule has 1 N–H and O–H groups in total. The molecular weight excluding hydrogens is 567 g/mol. The van der Waals surface area contributed by atoms with Crippen LogP contribution in [0.4, 0.5) is 13.2 Å². The highest BCUT2D eigenvalue weighted by molar-refractivity contribution is 5.94. The van der Waals surface area contributed by atoms with Gasteiger partial charge in [0, 0.05) is 11.3 Å². The maximum absolute atomic E-state index is 13.1. The van der Waals surface area contributed by atoms with Gasteiger partial charge in [-0.1, -0.05) is 78.9 Å². The fraction of sp³-hybridized carbons (Fsp3) is 0.114. The van der Waals surface area contributed by atoms with Gasteiger partial charge >= 0.3 is 12.1 Å². The van der Waals surface area contributed by atoms with Crippen LogP contribution in [-0.2, 0) is 22.1 Å². The Morgan fingerprint density at radius 1 is 0.841 bits per heavy atom.